The van der Waals surface area contributed by atoms with Crippen molar-refractivity contribution in [3.05, 3.63) is 29.3 Å². The van der Waals surface area contributed by atoms with Gasteiger partial charge in [0.05, 0.1) is 0 Å². The summed E-state index contributed by atoms with van der Waals surface area (Å²) in [4.78, 5) is 12.0. The molecule has 1 aromatic rings. The number of amides is 1. The fourth-order valence-corrected chi connectivity index (χ4v) is 3.90. The van der Waals surface area contributed by atoms with Gasteiger partial charge in [-0.3, -0.25) is 4.79 Å². The molecule has 1 amide bonds. The molecular weight excluding hydrogens is 274 g/mol. The number of halogens is 2. The van der Waals surface area contributed by atoms with E-state index in [0.717, 1.165) is 24.0 Å². The maximum Gasteiger partial charge on any atom is 0.251 e. The normalized spacial score (nSPS) is 26.9. The minimum Gasteiger partial charge on any atom is -0.383 e. The highest BCUT2D eigenvalue weighted by atomic mass is 19.1. The Morgan fingerprint density at radius 2 is 1.95 bits per heavy atom. The van der Waals surface area contributed by atoms with Gasteiger partial charge < -0.3 is 10.6 Å². The third-order valence-corrected chi connectivity index (χ3v) is 4.96. The summed E-state index contributed by atoms with van der Waals surface area (Å²) < 4.78 is 27.3. The van der Waals surface area contributed by atoms with Gasteiger partial charge in [-0.1, -0.05) is 6.42 Å². The molecule has 0 saturated heterocycles. The number of carbonyl (C=O) groups excluding carboxylic acids is 1. The zero-order chi connectivity index (χ0) is 15.0. The molecule has 0 aliphatic heterocycles. The second kappa shape index (κ2) is 5.62. The van der Waals surface area contributed by atoms with E-state index in [1.54, 1.807) is 0 Å². The summed E-state index contributed by atoms with van der Waals surface area (Å²) in [5.41, 5.74) is -0.174. The summed E-state index contributed by atoms with van der Waals surface area (Å²) in [6.07, 6.45) is 5.02. The minimum atomic E-state index is -0.748. The van der Waals surface area contributed by atoms with Crippen LogP contribution in [0.25, 0.3) is 0 Å². The molecule has 5 heteroatoms. The largest absolute Gasteiger partial charge is 0.383 e. The Balaban J connectivity index is 1.63. The maximum absolute atomic E-state index is 13.7. The van der Waals surface area contributed by atoms with E-state index in [-0.39, 0.29) is 11.3 Å². The van der Waals surface area contributed by atoms with Gasteiger partial charge in [0, 0.05) is 19.2 Å². The molecule has 2 bridgehead atoms. The van der Waals surface area contributed by atoms with Crippen LogP contribution >= 0.6 is 0 Å². The number of carbonyl (C=O) groups is 1. The zero-order valence-electron chi connectivity index (χ0n) is 12.1. The van der Waals surface area contributed by atoms with E-state index in [0.29, 0.717) is 12.5 Å². The van der Waals surface area contributed by atoms with Crippen molar-refractivity contribution < 1.29 is 13.6 Å². The third-order valence-electron chi connectivity index (χ3n) is 4.96. The van der Waals surface area contributed by atoms with Crippen LogP contribution in [0, 0.1) is 29.4 Å². The molecule has 3 unspecified atom stereocenters. The molecule has 114 valence electrons. The Bertz CT molecular complexity index is 538. The van der Waals surface area contributed by atoms with Crippen LogP contribution in [0.2, 0.25) is 0 Å². The Morgan fingerprint density at radius 1 is 1.24 bits per heavy atom. The van der Waals surface area contributed by atoms with Gasteiger partial charge >= 0.3 is 0 Å². The van der Waals surface area contributed by atoms with Gasteiger partial charge in [0.25, 0.3) is 5.91 Å². The molecule has 2 fully saturated rings. The number of nitrogens with one attached hydrogen (secondary N) is 2. The Kier molecular flexibility index (Phi) is 3.83. The fourth-order valence-electron chi connectivity index (χ4n) is 3.90. The lowest BCUT2D eigenvalue weighted by Gasteiger charge is -2.21. The second-order valence-electron chi connectivity index (χ2n) is 6.21. The SMILES string of the molecule is CNc1c(F)cc(C(=O)NCC2CC3CCC2C3)cc1F. The summed E-state index contributed by atoms with van der Waals surface area (Å²) >= 11 is 0. The number of hydrogen-bond donors (Lipinski definition) is 2. The van der Waals surface area contributed by atoms with Gasteiger partial charge in [-0.2, -0.15) is 0 Å². The number of anilines is 1. The van der Waals surface area contributed by atoms with Crippen LogP contribution in [-0.2, 0) is 0 Å². The molecule has 3 nitrogen and oxygen atoms in total. The summed E-state index contributed by atoms with van der Waals surface area (Å²) in [7, 11) is 1.44. The van der Waals surface area contributed by atoms with Crippen molar-refractivity contribution in [3.63, 3.8) is 0 Å². The van der Waals surface area contributed by atoms with Crippen molar-refractivity contribution in [3.8, 4) is 0 Å². The first-order chi connectivity index (χ1) is 10.1. The molecule has 21 heavy (non-hydrogen) atoms. The van der Waals surface area contributed by atoms with Crippen molar-refractivity contribution in [2.24, 2.45) is 17.8 Å². The van der Waals surface area contributed by atoms with Gasteiger partial charge in [0.15, 0.2) is 0 Å². The standard InChI is InChI=1S/C16H20F2N2O/c1-19-15-13(17)6-11(7-14(15)18)16(21)20-8-12-5-9-2-3-10(12)4-9/h6-7,9-10,12,19H,2-5,8H2,1H3,(H,20,21). The number of hydrogen-bond acceptors (Lipinski definition) is 2. The number of benzene rings is 1. The van der Waals surface area contributed by atoms with Crippen molar-refractivity contribution in [2.75, 3.05) is 18.9 Å². The zero-order valence-corrected chi connectivity index (χ0v) is 12.1. The van der Waals surface area contributed by atoms with Gasteiger partial charge in [-0.05, 0) is 49.1 Å². The average Bonchev–Trinajstić information content (AvgIpc) is 3.06. The molecular formula is C16H20F2N2O. The Hall–Kier alpha value is -1.65. The smallest absolute Gasteiger partial charge is 0.251 e. The van der Waals surface area contributed by atoms with Crippen LogP contribution in [0.15, 0.2) is 12.1 Å². The molecule has 3 rings (SSSR count). The average molecular weight is 294 g/mol. The van der Waals surface area contributed by atoms with Crippen LogP contribution < -0.4 is 10.6 Å². The summed E-state index contributed by atoms with van der Waals surface area (Å²) in [5.74, 6) is 0.166. The molecule has 2 N–H and O–H groups in total. The third kappa shape index (κ3) is 2.74. The molecule has 3 atom stereocenters. The highest BCUT2D eigenvalue weighted by molar-refractivity contribution is 5.94. The van der Waals surface area contributed by atoms with Crippen molar-refractivity contribution in [1.82, 2.24) is 5.32 Å². The van der Waals surface area contributed by atoms with E-state index in [4.69, 9.17) is 0 Å². The van der Waals surface area contributed by atoms with Crippen LogP contribution in [0.5, 0.6) is 0 Å². The summed E-state index contributed by atoms with van der Waals surface area (Å²) in [5, 5.41) is 5.27. The summed E-state index contributed by atoms with van der Waals surface area (Å²) in [6.45, 7) is 0.608. The number of fused-ring (bicyclic) bond motifs is 2. The predicted octanol–water partition coefficient (Wildman–Crippen LogP) is 3.17. The molecule has 0 aromatic heterocycles. The lowest BCUT2D eigenvalue weighted by atomic mass is 9.89. The predicted molar refractivity (Wildman–Crippen MR) is 77.2 cm³/mol. The van der Waals surface area contributed by atoms with Gasteiger partial charge in [0.1, 0.15) is 17.3 Å². The lowest BCUT2D eigenvalue weighted by molar-refractivity contribution is 0.0941. The van der Waals surface area contributed by atoms with Crippen LogP contribution in [0.1, 0.15) is 36.0 Å². The van der Waals surface area contributed by atoms with E-state index < -0.39 is 17.5 Å². The highest BCUT2D eigenvalue weighted by Gasteiger charge is 2.39. The first kappa shape index (κ1) is 14.3. The monoisotopic (exact) mass is 294 g/mol. The molecule has 0 radical (unpaired) electrons. The van der Waals surface area contributed by atoms with Crippen LogP contribution in [0.3, 0.4) is 0 Å². The topological polar surface area (TPSA) is 41.1 Å². The number of rotatable bonds is 4. The molecule has 1 aromatic carbocycles. The first-order valence-corrected chi connectivity index (χ1v) is 7.53. The minimum absolute atomic E-state index is 0.0344. The van der Waals surface area contributed by atoms with Crippen molar-refractivity contribution in [2.45, 2.75) is 25.7 Å². The molecule has 0 heterocycles. The van der Waals surface area contributed by atoms with Gasteiger partial charge in [-0.25, -0.2) is 8.78 Å². The van der Waals surface area contributed by atoms with Crippen molar-refractivity contribution in [1.29, 1.82) is 0 Å². The lowest BCUT2D eigenvalue weighted by Crippen LogP contribution is -2.31. The maximum atomic E-state index is 13.7. The van der Waals surface area contributed by atoms with E-state index in [1.165, 1.54) is 32.7 Å². The van der Waals surface area contributed by atoms with Gasteiger partial charge in [0.2, 0.25) is 0 Å². The Morgan fingerprint density at radius 3 is 2.48 bits per heavy atom. The summed E-state index contributed by atoms with van der Waals surface area (Å²) in [6, 6.07) is 2.15. The Labute approximate surface area is 123 Å². The molecule has 2 saturated carbocycles. The second-order valence-corrected chi connectivity index (χ2v) is 6.21. The van der Waals surface area contributed by atoms with Crippen molar-refractivity contribution >= 4 is 11.6 Å². The molecule has 2 aliphatic rings. The van der Waals surface area contributed by atoms with Crippen LogP contribution in [0.4, 0.5) is 14.5 Å². The van der Waals surface area contributed by atoms with Gasteiger partial charge in [-0.15, -0.1) is 0 Å². The molecule has 2 aliphatic carbocycles. The van der Waals surface area contributed by atoms with E-state index in [9.17, 15) is 13.6 Å². The first-order valence-electron chi connectivity index (χ1n) is 7.53. The quantitative estimate of drug-likeness (QED) is 0.895. The fraction of sp³-hybridized carbons (Fsp3) is 0.562. The van der Waals surface area contributed by atoms with E-state index in [2.05, 4.69) is 10.6 Å². The van der Waals surface area contributed by atoms with Crippen LogP contribution in [-0.4, -0.2) is 19.5 Å². The van der Waals surface area contributed by atoms with E-state index >= 15 is 0 Å². The van der Waals surface area contributed by atoms with E-state index in [1.807, 2.05) is 0 Å². The highest BCUT2D eigenvalue weighted by Crippen LogP contribution is 2.47. The molecule has 0 spiro atoms.